The third kappa shape index (κ3) is 3.94. The highest BCUT2D eigenvalue weighted by Gasteiger charge is 2.40. The second kappa shape index (κ2) is 6.93. The van der Waals surface area contributed by atoms with E-state index in [0.29, 0.717) is 5.69 Å². The second-order valence-corrected chi connectivity index (χ2v) is 8.44. The topological polar surface area (TPSA) is 121 Å². The van der Waals surface area contributed by atoms with Gasteiger partial charge < -0.3 is 15.1 Å². The number of sulfone groups is 1. The smallest absolute Gasteiger partial charge is 0.269 e. The van der Waals surface area contributed by atoms with Crippen molar-refractivity contribution >= 4 is 21.2 Å². The molecule has 1 fully saturated rings. The second-order valence-electron chi connectivity index (χ2n) is 6.28. The van der Waals surface area contributed by atoms with E-state index in [1.165, 1.54) is 24.3 Å². The zero-order valence-electron chi connectivity index (χ0n) is 13.7. The molecule has 0 spiro atoms. The van der Waals surface area contributed by atoms with E-state index in [9.17, 15) is 28.7 Å². The molecular weight excluding hydrogens is 360 g/mol. The molecule has 1 aliphatic rings. The Morgan fingerprint density at radius 1 is 1.15 bits per heavy atom. The normalized spacial score (nSPS) is 21.4. The lowest BCUT2D eigenvalue weighted by Gasteiger charge is -2.32. The summed E-state index contributed by atoms with van der Waals surface area (Å²) in [5.41, 5.74) is 1.24. The first kappa shape index (κ1) is 18.2. The van der Waals surface area contributed by atoms with Crippen LogP contribution in [0.15, 0.2) is 48.5 Å². The van der Waals surface area contributed by atoms with Crippen molar-refractivity contribution in [3.63, 3.8) is 0 Å². The van der Waals surface area contributed by atoms with Gasteiger partial charge in [0.2, 0.25) is 0 Å². The average Bonchev–Trinajstić information content (AvgIpc) is 2.85. The standard InChI is InChI=1S/C17H18N2O6S/c20-15-3-1-2-14(8-15)18(16-10-26(24,25)11-17(16)21)9-12-4-6-13(7-5-12)19(22)23/h1-8,16-17,20-21H,9-11H2/t16-,17+/m1/s1. The lowest BCUT2D eigenvalue weighted by atomic mass is 10.1. The Labute approximate surface area is 150 Å². The molecule has 0 aromatic heterocycles. The predicted molar refractivity (Wildman–Crippen MR) is 95.8 cm³/mol. The van der Waals surface area contributed by atoms with Crippen molar-refractivity contribution in [1.82, 2.24) is 0 Å². The lowest BCUT2D eigenvalue weighted by Crippen LogP contribution is -2.42. The number of hydrogen-bond donors (Lipinski definition) is 2. The third-order valence-electron chi connectivity index (χ3n) is 4.36. The molecular formula is C17H18N2O6S. The Morgan fingerprint density at radius 2 is 1.85 bits per heavy atom. The van der Waals surface area contributed by atoms with E-state index < -0.39 is 26.9 Å². The molecule has 138 valence electrons. The van der Waals surface area contributed by atoms with Gasteiger partial charge in [0.25, 0.3) is 5.69 Å². The maximum Gasteiger partial charge on any atom is 0.269 e. The first-order valence-electron chi connectivity index (χ1n) is 7.93. The summed E-state index contributed by atoms with van der Waals surface area (Å²) in [6.45, 7) is 0.235. The molecule has 0 amide bonds. The molecule has 9 heteroatoms. The summed E-state index contributed by atoms with van der Waals surface area (Å²) in [4.78, 5) is 12.0. The van der Waals surface area contributed by atoms with Crippen LogP contribution in [0.3, 0.4) is 0 Å². The number of rotatable bonds is 5. The Balaban J connectivity index is 1.94. The van der Waals surface area contributed by atoms with Crippen LogP contribution in [0.2, 0.25) is 0 Å². The van der Waals surface area contributed by atoms with Crippen molar-refractivity contribution in [2.75, 3.05) is 16.4 Å². The molecule has 2 N–H and O–H groups in total. The van der Waals surface area contributed by atoms with Gasteiger partial charge in [0.15, 0.2) is 9.84 Å². The minimum Gasteiger partial charge on any atom is -0.508 e. The van der Waals surface area contributed by atoms with Crippen LogP contribution in [0, 0.1) is 10.1 Å². The number of phenols is 1. The average molecular weight is 378 g/mol. The number of hydrogen-bond acceptors (Lipinski definition) is 7. The van der Waals surface area contributed by atoms with Gasteiger partial charge in [-0.05, 0) is 17.7 Å². The number of non-ortho nitro benzene ring substituents is 1. The summed E-state index contributed by atoms with van der Waals surface area (Å²) in [5.74, 6) is -0.490. The van der Waals surface area contributed by atoms with E-state index in [4.69, 9.17) is 0 Å². The van der Waals surface area contributed by atoms with Crippen LogP contribution in [0.1, 0.15) is 5.56 Å². The zero-order valence-corrected chi connectivity index (χ0v) is 14.5. The quantitative estimate of drug-likeness (QED) is 0.597. The molecule has 26 heavy (non-hydrogen) atoms. The van der Waals surface area contributed by atoms with Gasteiger partial charge in [-0.3, -0.25) is 10.1 Å². The highest BCUT2D eigenvalue weighted by molar-refractivity contribution is 7.91. The summed E-state index contributed by atoms with van der Waals surface area (Å²) in [6.07, 6.45) is -1.06. The summed E-state index contributed by atoms with van der Waals surface area (Å²) in [6, 6.07) is 11.6. The van der Waals surface area contributed by atoms with Crippen LogP contribution >= 0.6 is 0 Å². The zero-order chi connectivity index (χ0) is 18.9. The molecule has 2 aromatic rings. The SMILES string of the molecule is O=[N+]([O-])c1ccc(CN(c2cccc(O)c2)[C@@H]2CS(=O)(=O)C[C@@H]2O)cc1. The molecule has 0 radical (unpaired) electrons. The molecule has 2 atom stereocenters. The van der Waals surface area contributed by atoms with E-state index in [1.54, 1.807) is 29.2 Å². The molecule has 0 aliphatic carbocycles. The Hall–Kier alpha value is -2.65. The van der Waals surface area contributed by atoms with Crippen LogP contribution < -0.4 is 4.90 Å². The lowest BCUT2D eigenvalue weighted by molar-refractivity contribution is -0.384. The van der Waals surface area contributed by atoms with Gasteiger partial charge >= 0.3 is 0 Å². The van der Waals surface area contributed by atoms with Crippen molar-refractivity contribution in [3.05, 3.63) is 64.2 Å². The number of aromatic hydroxyl groups is 1. The van der Waals surface area contributed by atoms with E-state index in [0.717, 1.165) is 5.56 Å². The molecule has 8 nitrogen and oxygen atoms in total. The maximum atomic E-state index is 11.9. The van der Waals surface area contributed by atoms with Gasteiger partial charge in [0.05, 0.1) is 28.6 Å². The number of aliphatic hydroxyl groups is 1. The molecule has 1 heterocycles. The number of benzene rings is 2. The minimum absolute atomic E-state index is 0.0199. The van der Waals surface area contributed by atoms with E-state index in [-0.39, 0.29) is 29.5 Å². The Morgan fingerprint density at radius 3 is 2.38 bits per heavy atom. The monoisotopic (exact) mass is 378 g/mol. The number of aliphatic hydroxyl groups excluding tert-OH is 1. The van der Waals surface area contributed by atoms with Crippen molar-refractivity contribution in [2.45, 2.75) is 18.7 Å². The fourth-order valence-electron chi connectivity index (χ4n) is 3.10. The fourth-order valence-corrected chi connectivity index (χ4v) is 4.90. The van der Waals surface area contributed by atoms with Crippen LogP contribution in [0.5, 0.6) is 5.75 Å². The van der Waals surface area contributed by atoms with Gasteiger partial charge in [-0.25, -0.2) is 8.42 Å². The number of phenolic OH excluding ortho intramolecular Hbond substituents is 1. The molecule has 1 aliphatic heterocycles. The van der Waals surface area contributed by atoms with Crippen molar-refractivity contribution < 1.29 is 23.6 Å². The van der Waals surface area contributed by atoms with Crippen LogP contribution in [0.4, 0.5) is 11.4 Å². The molecule has 0 unspecified atom stereocenters. The third-order valence-corrected chi connectivity index (χ3v) is 6.05. The van der Waals surface area contributed by atoms with Crippen LogP contribution in [0.25, 0.3) is 0 Å². The van der Waals surface area contributed by atoms with E-state index in [2.05, 4.69) is 0 Å². The first-order chi connectivity index (χ1) is 12.2. The maximum absolute atomic E-state index is 11.9. The summed E-state index contributed by atoms with van der Waals surface area (Å²) in [5, 5.41) is 30.8. The molecule has 1 saturated heterocycles. The summed E-state index contributed by atoms with van der Waals surface area (Å²) in [7, 11) is -3.36. The van der Waals surface area contributed by atoms with Crippen molar-refractivity contribution in [2.24, 2.45) is 0 Å². The molecule has 3 rings (SSSR count). The number of nitro benzene ring substituents is 1. The van der Waals surface area contributed by atoms with Gasteiger partial charge in [0, 0.05) is 30.4 Å². The highest BCUT2D eigenvalue weighted by atomic mass is 32.2. The Bertz CT molecular complexity index is 913. The Kier molecular flexibility index (Phi) is 4.84. The summed E-state index contributed by atoms with van der Waals surface area (Å²) >= 11 is 0. The van der Waals surface area contributed by atoms with Crippen molar-refractivity contribution in [1.29, 1.82) is 0 Å². The van der Waals surface area contributed by atoms with E-state index >= 15 is 0 Å². The highest BCUT2D eigenvalue weighted by Crippen LogP contribution is 2.29. The van der Waals surface area contributed by atoms with Gasteiger partial charge in [0.1, 0.15) is 5.75 Å². The molecule has 2 aromatic carbocycles. The fraction of sp³-hybridized carbons (Fsp3) is 0.294. The van der Waals surface area contributed by atoms with Crippen LogP contribution in [-0.4, -0.2) is 47.2 Å². The van der Waals surface area contributed by atoms with Crippen molar-refractivity contribution in [3.8, 4) is 5.75 Å². The number of nitrogens with zero attached hydrogens (tertiary/aromatic N) is 2. The van der Waals surface area contributed by atoms with Gasteiger partial charge in [-0.15, -0.1) is 0 Å². The minimum atomic E-state index is -3.36. The van der Waals surface area contributed by atoms with Crippen LogP contribution in [-0.2, 0) is 16.4 Å². The van der Waals surface area contributed by atoms with Gasteiger partial charge in [-0.1, -0.05) is 18.2 Å². The number of anilines is 1. The summed E-state index contributed by atoms with van der Waals surface area (Å²) < 4.78 is 23.8. The molecule has 0 saturated carbocycles. The largest absolute Gasteiger partial charge is 0.508 e. The molecule has 0 bridgehead atoms. The van der Waals surface area contributed by atoms with E-state index in [1.807, 2.05) is 0 Å². The predicted octanol–water partition coefficient (Wildman–Crippen LogP) is 1.46. The first-order valence-corrected chi connectivity index (χ1v) is 9.75. The van der Waals surface area contributed by atoms with Gasteiger partial charge in [-0.2, -0.15) is 0 Å². The number of nitro groups is 1.